The molecule has 0 spiro atoms. The van der Waals surface area contributed by atoms with Crippen LogP contribution < -0.4 is 4.57 Å². The van der Waals surface area contributed by atoms with Gasteiger partial charge in [-0.2, -0.15) is 4.40 Å². The summed E-state index contributed by atoms with van der Waals surface area (Å²) in [7, 11) is 0. The Morgan fingerprint density at radius 2 is 1.33 bits per heavy atom. The molecule has 33 heavy (non-hydrogen) atoms. The van der Waals surface area contributed by atoms with Gasteiger partial charge in [0.15, 0.2) is 5.52 Å². The molecule has 4 rings (SSSR count). The summed E-state index contributed by atoms with van der Waals surface area (Å²) in [5, 5.41) is 0. The van der Waals surface area contributed by atoms with Crippen molar-refractivity contribution < 1.29 is 4.57 Å². The summed E-state index contributed by atoms with van der Waals surface area (Å²) in [6, 6.07) is 18.3. The fourth-order valence-electron chi connectivity index (χ4n) is 5.14. The van der Waals surface area contributed by atoms with Crippen LogP contribution in [0.1, 0.15) is 88.1 Å². The number of fused-ring (bicyclic) bond motifs is 1. The first-order valence-electron chi connectivity index (χ1n) is 12.7. The summed E-state index contributed by atoms with van der Waals surface area (Å²) < 4.78 is 4.75. The minimum absolute atomic E-state index is 0.466. The number of nitrogens with zero attached hydrogens (tertiary/aromatic N) is 2. The van der Waals surface area contributed by atoms with Gasteiger partial charge in [-0.25, -0.2) is 4.57 Å². The van der Waals surface area contributed by atoms with E-state index in [0.29, 0.717) is 11.8 Å². The largest absolute Gasteiger partial charge is 0.254 e. The molecule has 2 aromatic carbocycles. The van der Waals surface area contributed by atoms with E-state index in [2.05, 4.69) is 118 Å². The molecule has 0 saturated heterocycles. The molecule has 0 N–H and O–H groups in total. The van der Waals surface area contributed by atoms with E-state index in [-0.39, 0.29) is 0 Å². The summed E-state index contributed by atoms with van der Waals surface area (Å²) in [5.41, 5.74) is 12.4. The number of aryl methyl sites for hydroxylation is 3. The molecular weight excluding hydrogens is 400 g/mol. The maximum atomic E-state index is 2.41. The molecule has 0 radical (unpaired) electrons. The standard InChI is InChI=1S/C31H39N2/c1-8-23-17-24(9-2)30(25(10-3)18-23)29-16-11-13-26-19-32(20-33(26)29)31-27(21(4)5)14-12-15-28(31)22(6)7/h11-22H,8-10H2,1-7H3/q+1. The molecule has 0 unspecified atom stereocenters. The zero-order valence-electron chi connectivity index (χ0n) is 21.4. The monoisotopic (exact) mass is 439 g/mol. The number of aromatic nitrogens is 2. The second-order valence-electron chi connectivity index (χ2n) is 9.80. The van der Waals surface area contributed by atoms with E-state index in [1.807, 2.05) is 0 Å². The molecule has 2 aromatic heterocycles. The summed E-state index contributed by atoms with van der Waals surface area (Å²) in [6.07, 6.45) is 7.76. The number of para-hydroxylation sites is 1. The van der Waals surface area contributed by atoms with E-state index < -0.39 is 0 Å². The van der Waals surface area contributed by atoms with Gasteiger partial charge in [0, 0.05) is 16.7 Å². The van der Waals surface area contributed by atoms with Crippen LogP contribution in [0.4, 0.5) is 0 Å². The molecule has 172 valence electrons. The Morgan fingerprint density at radius 1 is 0.758 bits per heavy atom. The van der Waals surface area contributed by atoms with Crippen LogP contribution >= 0.6 is 0 Å². The summed E-state index contributed by atoms with van der Waals surface area (Å²) in [4.78, 5) is 0. The minimum Gasteiger partial charge on any atom is -0.201 e. The number of rotatable bonds is 7. The second kappa shape index (κ2) is 9.55. The van der Waals surface area contributed by atoms with Gasteiger partial charge >= 0.3 is 0 Å². The lowest BCUT2D eigenvalue weighted by Crippen LogP contribution is -2.31. The van der Waals surface area contributed by atoms with Gasteiger partial charge in [0.25, 0.3) is 6.33 Å². The van der Waals surface area contributed by atoms with Gasteiger partial charge < -0.3 is 0 Å². The molecule has 0 bridgehead atoms. The van der Waals surface area contributed by atoms with Crippen molar-refractivity contribution >= 4 is 5.52 Å². The van der Waals surface area contributed by atoms with Crippen molar-refractivity contribution in [3.8, 4) is 16.9 Å². The van der Waals surface area contributed by atoms with Gasteiger partial charge in [0.2, 0.25) is 0 Å². The predicted molar refractivity (Wildman–Crippen MR) is 141 cm³/mol. The van der Waals surface area contributed by atoms with Gasteiger partial charge in [-0.05, 0) is 59.9 Å². The Hall–Kier alpha value is -2.87. The Morgan fingerprint density at radius 3 is 1.85 bits per heavy atom. The molecular formula is C31H39N2+. The normalized spacial score (nSPS) is 11.8. The average molecular weight is 440 g/mol. The van der Waals surface area contributed by atoms with E-state index >= 15 is 0 Å². The Balaban J connectivity index is 2.00. The number of hydrogen-bond acceptors (Lipinski definition) is 0. The maximum Gasteiger partial charge on any atom is 0.254 e. The van der Waals surface area contributed by atoms with Crippen molar-refractivity contribution in [3.63, 3.8) is 0 Å². The lowest BCUT2D eigenvalue weighted by Gasteiger charge is -2.16. The van der Waals surface area contributed by atoms with Crippen LogP contribution in [0.25, 0.3) is 22.5 Å². The van der Waals surface area contributed by atoms with Crippen LogP contribution in [0.3, 0.4) is 0 Å². The Bertz CT molecular complexity index is 1220. The number of hydrogen-bond donors (Lipinski definition) is 0. The van der Waals surface area contributed by atoms with Gasteiger partial charge in [-0.1, -0.05) is 84.9 Å². The van der Waals surface area contributed by atoms with Crippen LogP contribution in [0, 0.1) is 0 Å². The number of pyridine rings is 1. The van der Waals surface area contributed by atoms with Crippen LogP contribution in [0.2, 0.25) is 0 Å². The van der Waals surface area contributed by atoms with Crippen LogP contribution in [0.15, 0.2) is 61.1 Å². The highest BCUT2D eigenvalue weighted by atomic mass is 15.1. The number of benzene rings is 2. The molecule has 0 aliphatic carbocycles. The molecule has 0 fully saturated rings. The van der Waals surface area contributed by atoms with Gasteiger partial charge in [-0.15, -0.1) is 0 Å². The molecule has 0 amide bonds. The van der Waals surface area contributed by atoms with Crippen LogP contribution in [0.5, 0.6) is 0 Å². The van der Waals surface area contributed by atoms with Crippen LogP contribution in [-0.4, -0.2) is 4.40 Å². The minimum atomic E-state index is 0.466. The summed E-state index contributed by atoms with van der Waals surface area (Å²) in [6.45, 7) is 16.0. The third kappa shape index (κ3) is 4.24. The molecule has 0 aliphatic rings. The quantitative estimate of drug-likeness (QED) is 0.259. The molecule has 2 heterocycles. The maximum absolute atomic E-state index is 2.41. The molecule has 0 saturated carbocycles. The highest BCUT2D eigenvalue weighted by Crippen LogP contribution is 2.32. The van der Waals surface area contributed by atoms with Gasteiger partial charge in [0.05, 0.1) is 0 Å². The van der Waals surface area contributed by atoms with Crippen molar-refractivity contribution in [3.05, 3.63) is 88.9 Å². The van der Waals surface area contributed by atoms with Crippen LogP contribution in [-0.2, 0) is 19.3 Å². The third-order valence-electron chi connectivity index (χ3n) is 6.96. The van der Waals surface area contributed by atoms with E-state index in [1.54, 1.807) is 0 Å². The zero-order chi connectivity index (χ0) is 23.7. The summed E-state index contributed by atoms with van der Waals surface area (Å²) >= 11 is 0. The van der Waals surface area contributed by atoms with Crippen molar-refractivity contribution in [2.75, 3.05) is 0 Å². The fraction of sp³-hybridized carbons (Fsp3) is 0.387. The average Bonchev–Trinajstić information content (AvgIpc) is 3.26. The van der Waals surface area contributed by atoms with Crippen molar-refractivity contribution in [1.29, 1.82) is 0 Å². The van der Waals surface area contributed by atoms with Crippen molar-refractivity contribution in [2.24, 2.45) is 0 Å². The summed E-state index contributed by atoms with van der Waals surface area (Å²) in [5.74, 6) is 0.933. The van der Waals surface area contributed by atoms with Crippen molar-refractivity contribution in [2.45, 2.75) is 79.6 Å². The van der Waals surface area contributed by atoms with Crippen molar-refractivity contribution in [1.82, 2.24) is 4.40 Å². The Kier molecular flexibility index (Phi) is 6.74. The zero-order valence-corrected chi connectivity index (χ0v) is 21.4. The van der Waals surface area contributed by atoms with E-state index in [1.165, 1.54) is 50.3 Å². The smallest absolute Gasteiger partial charge is 0.201 e. The second-order valence-corrected chi connectivity index (χ2v) is 9.80. The lowest BCUT2D eigenvalue weighted by atomic mass is 9.91. The van der Waals surface area contributed by atoms with E-state index in [9.17, 15) is 0 Å². The van der Waals surface area contributed by atoms with E-state index in [4.69, 9.17) is 0 Å². The topological polar surface area (TPSA) is 8.29 Å². The molecule has 4 aromatic rings. The molecule has 2 nitrogen and oxygen atoms in total. The predicted octanol–water partition coefficient (Wildman–Crippen LogP) is 7.82. The first kappa shape index (κ1) is 23.3. The highest BCUT2D eigenvalue weighted by Gasteiger charge is 2.23. The van der Waals surface area contributed by atoms with E-state index in [0.717, 1.165) is 19.3 Å². The lowest BCUT2D eigenvalue weighted by molar-refractivity contribution is -0.595. The first-order chi connectivity index (χ1) is 15.9. The van der Waals surface area contributed by atoms with Gasteiger partial charge in [-0.3, -0.25) is 0 Å². The first-order valence-corrected chi connectivity index (χ1v) is 12.7. The molecule has 2 heteroatoms. The Labute approximate surface area is 199 Å². The highest BCUT2D eigenvalue weighted by molar-refractivity contribution is 5.72. The van der Waals surface area contributed by atoms with Gasteiger partial charge in [0.1, 0.15) is 17.6 Å². The molecule has 0 atom stereocenters. The third-order valence-corrected chi connectivity index (χ3v) is 6.96. The SMILES string of the molecule is CCc1cc(CC)c(-c2cccc3c[n+](-c4c(C(C)C)cccc4C(C)C)cn23)c(CC)c1. The number of imidazole rings is 1. The fourth-order valence-corrected chi connectivity index (χ4v) is 5.14. The molecule has 0 aliphatic heterocycles.